The molecule has 1 aliphatic rings. The second-order valence-electron chi connectivity index (χ2n) is 7.44. The average molecular weight is 444 g/mol. The molecular weight excluding hydrogens is 421 g/mol. The number of hydrogen-bond acceptors (Lipinski definition) is 5. The van der Waals surface area contributed by atoms with Crippen LogP contribution in [-0.4, -0.2) is 36.4 Å². The number of nitrogens with zero attached hydrogens (tertiary/aromatic N) is 2. The molecule has 0 saturated heterocycles. The Morgan fingerprint density at radius 2 is 2.03 bits per heavy atom. The van der Waals surface area contributed by atoms with Crippen molar-refractivity contribution in [1.82, 2.24) is 9.29 Å². The molecular formula is C22H22FN3O4S. The van der Waals surface area contributed by atoms with Crippen molar-refractivity contribution < 1.29 is 22.0 Å². The third kappa shape index (κ3) is 4.83. The van der Waals surface area contributed by atoms with E-state index < -0.39 is 15.8 Å². The second-order valence-corrected chi connectivity index (χ2v) is 9.42. The summed E-state index contributed by atoms with van der Waals surface area (Å²) >= 11 is 0. The molecule has 0 saturated carbocycles. The summed E-state index contributed by atoms with van der Waals surface area (Å²) in [6.45, 7) is 0.681. The van der Waals surface area contributed by atoms with Gasteiger partial charge in [0.2, 0.25) is 15.9 Å². The van der Waals surface area contributed by atoms with Crippen LogP contribution in [0.3, 0.4) is 0 Å². The summed E-state index contributed by atoms with van der Waals surface area (Å²) in [6, 6.07) is 11.8. The van der Waals surface area contributed by atoms with Gasteiger partial charge in [-0.15, -0.1) is 0 Å². The van der Waals surface area contributed by atoms with Gasteiger partial charge < -0.3 is 9.73 Å². The van der Waals surface area contributed by atoms with E-state index in [2.05, 4.69) is 10.3 Å². The minimum absolute atomic E-state index is 0.149. The molecule has 2 heterocycles. The number of oxazole rings is 1. The van der Waals surface area contributed by atoms with E-state index in [9.17, 15) is 17.6 Å². The molecule has 31 heavy (non-hydrogen) atoms. The molecule has 0 fully saturated rings. The molecule has 1 aromatic heterocycles. The van der Waals surface area contributed by atoms with Crippen LogP contribution < -0.4 is 5.32 Å². The van der Waals surface area contributed by atoms with Gasteiger partial charge in [0.15, 0.2) is 11.7 Å². The monoisotopic (exact) mass is 443 g/mol. The van der Waals surface area contributed by atoms with Gasteiger partial charge in [-0.25, -0.2) is 17.8 Å². The van der Waals surface area contributed by atoms with E-state index in [0.717, 1.165) is 11.1 Å². The number of amides is 1. The Morgan fingerprint density at radius 3 is 2.81 bits per heavy atom. The number of anilines is 1. The number of rotatable bonds is 6. The molecule has 1 aliphatic heterocycles. The zero-order chi connectivity index (χ0) is 22.0. The number of carbonyl (C=O) groups excluding carboxylic acids is 1. The van der Waals surface area contributed by atoms with Gasteiger partial charge in [0.25, 0.3) is 0 Å². The van der Waals surface area contributed by atoms with E-state index >= 15 is 0 Å². The van der Waals surface area contributed by atoms with Crippen molar-refractivity contribution in [2.45, 2.75) is 25.8 Å². The quantitative estimate of drug-likeness (QED) is 0.631. The number of hydrogen-bond donors (Lipinski definition) is 1. The molecule has 9 heteroatoms. The van der Waals surface area contributed by atoms with E-state index in [0.29, 0.717) is 42.4 Å². The molecule has 3 aromatic rings. The highest BCUT2D eigenvalue weighted by atomic mass is 32.2. The molecule has 0 unspecified atom stereocenters. The van der Waals surface area contributed by atoms with Gasteiger partial charge in [-0.1, -0.05) is 24.3 Å². The minimum Gasteiger partial charge on any atom is -0.441 e. The molecule has 7 nitrogen and oxygen atoms in total. The van der Waals surface area contributed by atoms with E-state index in [4.69, 9.17) is 4.42 Å². The SMILES string of the molecule is CS(=O)(=O)N1CCc2c(cccc2NC(=O)CCc2ncc(-c3ccccc3F)o2)C1. The molecule has 1 N–H and O–H groups in total. The first-order valence-corrected chi connectivity index (χ1v) is 11.7. The number of halogens is 1. The van der Waals surface area contributed by atoms with Gasteiger partial charge in [0.1, 0.15) is 5.82 Å². The highest BCUT2D eigenvalue weighted by Gasteiger charge is 2.25. The molecule has 162 valence electrons. The summed E-state index contributed by atoms with van der Waals surface area (Å²) in [4.78, 5) is 16.6. The van der Waals surface area contributed by atoms with E-state index in [1.165, 1.54) is 22.8 Å². The van der Waals surface area contributed by atoms with Crippen molar-refractivity contribution >= 4 is 21.6 Å². The number of carbonyl (C=O) groups is 1. The molecule has 4 rings (SSSR count). The van der Waals surface area contributed by atoms with Crippen molar-refractivity contribution in [2.75, 3.05) is 18.1 Å². The highest BCUT2D eigenvalue weighted by Crippen LogP contribution is 2.28. The Balaban J connectivity index is 1.39. The smallest absolute Gasteiger partial charge is 0.224 e. The molecule has 2 aromatic carbocycles. The van der Waals surface area contributed by atoms with Gasteiger partial charge in [-0.05, 0) is 35.7 Å². The van der Waals surface area contributed by atoms with Crippen LogP contribution in [0.15, 0.2) is 53.1 Å². The van der Waals surface area contributed by atoms with Crippen molar-refractivity contribution in [2.24, 2.45) is 0 Å². The van der Waals surface area contributed by atoms with Gasteiger partial charge in [0.05, 0.1) is 18.0 Å². The van der Waals surface area contributed by atoms with Gasteiger partial charge in [0, 0.05) is 31.6 Å². The van der Waals surface area contributed by atoms with E-state index in [-0.39, 0.29) is 18.7 Å². The standard InChI is InChI=1S/C22H22FN3O4S/c1-31(28,29)26-12-11-16-15(14-26)5-4-8-19(16)25-21(27)9-10-22-24-13-20(30-22)17-6-2-3-7-18(17)23/h2-8,13H,9-12,14H2,1H3,(H,25,27). The molecule has 0 atom stereocenters. The lowest BCUT2D eigenvalue weighted by Crippen LogP contribution is -2.35. The number of aryl methyl sites for hydroxylation is 1. The lowest BCUT2D eigenvalue weighted by molar-refractivity contribution is -0.116. The zero-order valence-corrected chi connectivity index (χ0v) is 17.8. The Morgan fingerprint density at radius 1 is 1.23 bits per heavy atom. The Bertz CT molecular complexity index is 1220. The molecule has 1 amide bonds. The van der Waals surface area contributed by atoms with Crippen LogP contribution in [-0.2, 0) is 34.2 Å². The average Bonchev–Trinajstić information content (AvgIpc) is 3.20. The van der Waals surface area contributed by atoms with Gasteiger partial charge in [-0.2, -0.15) is 4.31 Å². The first-order chi connectivity index (χ1) is 14.8. The summed E-state index contributed by atoms with van der Waals surface area (Å²) in [6.07, 6.45) is 3.61. The number of benzene rings is 2. The van der Waals surface area contributed by atoms with Gasteiger partial charge in [-0.3, -0.25) is 4.79 Å². The summed E-state index contributed by atoms with van der Waals surface area (Å²) in [5.41, 5.74) is 2.85. The van der Waals surface area contributed by atoms with Crippen LogP contribution in [0.5, 0.6) is 0 Å². The molecule has 0 radical (unpaired) electrons. The molecule has 0 bridgehead atoms. The fourth-order valence-corrected chi connectivity index (χ4v) is 4.42. The van der Waals surface area contributed by atoms with E-state index in [1.54, 1.807) is 24.3 Å². The number of aromatic nitrogens is 1. The maximum Gasteiger partial charge on any atom is 0.224 e. The van der Waals surface area contributed by atoms with Crippen LogP contribution >= 0.6 is 0 Å². The Labute approximate surface area is 180 Å². The normalized spacial score (nSPS) is 14.3. The van der Waals surface area contributed by atoms with Crippen LogP contribution in [0.1, 0.15) is 23.4 Å². The second kappa shape index (κ2) is 8.60. The summed E-state index contributed by atoms with van der Waals surface area (Å²) in [5.74, 6) is 0.0733. The summed E-state index contributed by atoms with van der Waals surface area (Å²) < 4.78 is 44.5. The third-order valence-electron chi connectivity index (χ3n) is 5.23. The van der Waals surface area contributed by atoms with Crippen LogP contribution in [0.4, 0.5) is 10.1 Å². The first kappa shape index (κ1) is 21.2. The van der Waals surface area contributed by atoms with Crippen molar-refractivity contribution in [3.8, 4) is 11.3 Å². The predicted molar refractivity (Wildman–Crippen MR) is 114 cm³/mol. The zero-order valence-electron chi connectivity index (χ0n) is 17.0. The van der Waals surface area contributed by atoms with Crippen LogP contribution in [0.25, 0.3) is 11.3 Å². The van der Waals surface area contributed by atoms with Crippen molar-refractivity contribution in [3.63, 3.8) is 0 Å². The number of sulfonamides is 1. The van der Waals surface area contributed by atoms with Gasteiger partial charge >= 0.3 is 0 Å². The first-order valence-electron chi connectivity index (χ1n) is 9.86. The highest BCUT2D eigenvalue weighted by molar-refractivity contribution is 7.88. The maximum atomic E-state index is 13.9. The number of nitrogens with one attached hydrogen (secondary N) is 1. The van der Waals surface area contributed by atoms with Crippen molar-refractivity contribution in [1.29, 1.82) is 0 Å². The fraction of sp³-hybridized carbons (Fsp3) is 0.273. The van der Waals surface area contributed by atoms with Crippen molar-refractivity contribution in [3.05, 3.63) is 71.5 Å². The predicted octanol–water partition coefficient (Wildman–Crippen LogP) is 3.37. The van der Waals surface area contributed by atoms with E-state index in [1.807, 2.05) is 12.1 Å². The van der Waals surface area contributed by atoms with Crippen LogP contribution in [0, 0.1) is 5.82 Å². The Kier molecular flexibility index (Phi) is 5.88. The summed E-state index contributed by atoms with van der Waals surface area (Å²) in [5, 5.41) is 2.91. The maximum absolute atomic E-state index is 13.9. The fourth-order valence-electron chi connectivity index (χ4n) is 3.63. The third-order valence-corrected chi connectivity index (χ3v) is 6.48. The Hall–Kier alpha value is -3.04. The topological polar surface area (TPSA) is 92.5 Å². The molecule has 0 spiro atoms. The number of fused-ring (bicyclic) bond motifs is 1. The molecule has 0 aliphatic carbocycles. The summed E-state index contributed by atoms with van der Waals surface area (Å²) in [7, 11) is -3.26. The largest absolute Gasteiger partial charge is 0.441 e. The lowest BCUT2D eigenvalue weighted by atomic mass is 9.99. The lowest BCUT2D eigenvalue weighted by Gasteiger charge is -2.28. The van der Waals surface area contributed by atoms with Crippen LogP contribution in [0.2, 0.25) is 0 Å². The minimum atomic E-state index is -3.26.